The van der Waals surface area contributed by atoms with E-state index in [1.165, 1.54) is 4.31 Å². The number of benzene rings is 3. The fraction of sp³-hybridized carbons (Fsp3) is 0.333. The molecule has 9 heteroatoms. The van der Waals surface area contributed by atoms with E-state index >= 15 is 0 Å². The minimum absolute atomic E-state index is 0.0419. The van der Waals surface area contributed by atoms with Crippen LogP contribution in [0.3, 0.4) is 0 Å². The Balaban J connectivity index is 1.38. The van der Waals surface area contributed by atoms with Gasteiger partial charge in [-0.3, -0.25) is 4.68 Å². The van der Waals surface area contributed by atoms with E-state index in [9.17, 15) is 18.3 Å². The number of hydrogen-bond donors (Lipinski definition) is 1. The molecule has 0 amide bonds. The number of hydrogen-bond acceptors (Lipinski definition) is 5. The van der Waals surface area contributed by atoms with Crippen LogP contribution >= 0.6 is 0 Å². The number of rotatable bonds is 6. The minimum atomic E-state index is -3.53. The fourth-order valence-corrected chi connectivity index (χ4v) is 7.75. The molecule has 42 heavy (non-hydrogen) atoms. The fourth-order valence-electron chi connectivity index (χ4n) is 6.58. The van der Waals surface area contributed by atoms with Crippen LogP contribution in [0.5, 0.6) is 5.75 Å². The lowest BCUT2D eigenvalue weighted by molar-refractivity contribution is -0.132. The second kappa shape index (κ2) is 11.0. The standard InChI is InChI=1S/C33H35N3O5S/c1-21-30-26-14-7-13-24-25(15-8-18-41-29-17-6-11-22-10-4-5-12-23(22)29)32(33(37)38)27(31(24)26)16-9-19-42(39,40)35(2)20-28(30)34-36(21)3/h4-7,10-14,17,27H,8-9,15-16,18-20H2,1-3H3,(H,37,38). The molecule has 0 spiro atoms. The largest absolute Gasteiger partial charge is 0.493 e. The number of sulfonamides is 1. The zero-order chi connectivity index (χ0) is 29.6. The first-order valence-electron chi connectivity index (χ1n) is 14.3. The molecule has 0 saturated carbocycles. The summed E-state index contributed by atoms with van der Waals surface area (Å²) >= 11 is 0. The second-order valence-electron chi connectivity index (χ2n) is 11.2. The second-order valence-corrected chi connectivity index (χ2v) is 13.4. The van der Waals surface area contributed by atoms with Crippen LogP contribution in [-0.4, -0.2) is 53.0 Å². The van der Waals surface area contributed by atoms with E-state index in [0.717, 1.165) is 50.0 Å². The first-order chi connectivity index (χ1) is 20.2. The van der Waals surface area contributed by atoms with Crippen LogP contribution in [0.2, 0.25) is 0 Å². The summed E-state index contributed by atoms with van der Waals surface area (Å²) in [5, 5.41) is 17.4. The van der Waals surface area contributed by atoms with Crippen molar-refractivity contribution in [1.29, 1.82) is 0 Å². The third kappa shape index (κ3) is 4.90. The molecule has 2 heterocycles. The maximum Gasteiger partial charge on any atom is 0.332 e. The third-order valence-electron chi connectivity index (χ3n) is 8.68. The number of aromatic nitrogens is 2. The third-order valence-corrected chi connectivity index (χ3v) is 10.6. The van der Waals surface area contributed by atoms with Crippen molar-refractivity contribution in [3.8, 4) is 16.9 Å². The van der Waals surface area contributed by atoms with Gasteiger partial charge in [-0.15, -0.1) is 0 Å². The Morgan fingerprint density at radius 1 is 1.05 bits per heavy atom. The van der Waals surface area contributed by atoms with E-state index in [1.807, 2.05) is 62.5 Å². The predicted octanol–water partition coefficient (Wildman–Crippen LogP) is 5.90. The van der Waals surface area contributed by atoms with E-state index in [-0.39, 0.29) is 12.3 Å². The molecule has 0 bridgehead atoms. The van der Waals surface area contributed by atoms with Gasteiger partial charge in [0.25, 0.3) is 0 Å². The number of carboxylic acids is 1. The van der Waals surface area contributed by atoms with Gasteiger partial charge in [0.15, 0.2) is 0 Å². The molecule has 1 atom stereocenters. The number of aryl methyl sites for hydroxylation is 1. The van der Waals surface area contributed by atoms with Gasteiger partial charge in [-0.25, -0.2) is 13.2 Å². The van der Waals surface area contributed by atoms with Crippen molar-refractivity contribution in [2.45, 2.75) is 45.1 Å². The van der Waals surface area contributed by atoms with Gasteiger partial charge < -0.3 is 9.84 Å². The zero-order valence-corrected chi connectivity index (χ0v) is 24.9. The van der Waals surface area contributed by atoms with Crippen molar-refractivity contribution in [3.05, 3.63) is 88.8 Å². The van der Waals surface area contributed by atoms with Gasteiger partial charge in [-0.1, -0.05) is 54.6 Å². The maximum atomic E-state index is 13.1. The van der Waals surface area contributed by atoms with E-state index in [2.05, 4.69) is 12.1 Å². The molecule has 3 aromatic carbocycles. The highest BCUT2D eigenvalue weighted by molar-refractivity contribution is 7.89. The van der Waals surface area contributed by atoms with Crippen molar-refractivity contribution >= 4 is 32.3 Å². The number of ether oxygens (including phenoxy) is 1. The predicted molar refractivity (Wildman–Crippen MR) is 164 cm³/mol. The molecule has 0 saturated heterocycles. The molecule has 1 aliphatic carbocycles. The number of carbonyl (C=O) groups is 1. The van der Waals surface area contributed by atoms with Crippen molar-refractivity contribution in [2.24, 2.45) is 7.05 Å². The van der Waals surface area contributed by atoms with Crippen LogP contribution in [0.1, 0.15) is 54.1 Å². The van der Waals surface area contributed by atoms with Crippen LogP contribution in [-0.2, 0) is 28.4 Å². The molecule has 0 radical (unpaired) electrons. The highest BCUT2D eigenvalue weighted by Gasteiger charge is 2.38. The molecule has 1 aliphatic heterocycles. The van der Waals surface area contributed by atoms with Gasteiger partial charge in [0, 0.05) is 42.2 Å². The normalized spacial score (nSPS) is 18.4. The summed E-state index contributed by atoms with van der Waals surface area (Å²) in [5.74, 6) is -0.591. The summed E-state index contributed by atoms with van der Waals surface area (Å²) in [4.78, 5) is 12.9. The number of nitrogens with zero attached hydrogens (tertiary/aromatic N) is 3. The van der Waals surface area contributed by atoms with Crippen molar-refractivity contribution in [2.75, 3.05) is 19.4 Å². The lowest BCUT2D eigenvalue weighted by atomic mass is 9.85. The first-order valence-corrected chi connectivity index (χ1v) is 16.0. The maximum absolute atomic E-state index is 13.1. The van der Waals surface area contributed by atoms with Crippen LogP contribution in [0, 0.1) is 6.92 Å². The van der Waals surface area contributed by atoms with E-state index in [0.29, 0.717) is 43.6 Å². The summed E-state index contributed by atoms with van der Waals surface area (Å²) in [6, 6.07) is 20.1. The molecule has 6 rings (SSSR count). The SMILES string of the molecule is Cc1c2c(nn1C)CN(C)S(=O)(=O)CCCC1C(C(=O)O)=C(CCCOc3cccc4ccccc34)c3cccc-2c31. The van der Waals surface area contributed by atoms with Crippen LogP contribution in [0.4, 0.5) is 0 Å². The van der Waals surface area contributed by atoms with E-state index in [1.54, 1.807) is 11.7 Å². The lowest BCUT2D eigenvalue weighted by Gasteiger charge is -2.18. The van der Waals surface area contributed by atoms with Crippen molar-refractivity contribution in [3.63, 3.8) is 0 Å². The number of aliphatic carboxylic acids is 1. The monoisotopic (exact) mass is 585 g/mol. The van der Waals surface area contributed by atoms with Gasteiger partial charge in [0.05, 0.1) is 24.6 Å². The van der Waals surface area contributed by atoms with Gasteiger partial charge in [0.1, 0.15) is 5.75 Å². The molecule has 218 valence electrons. The van der Waals surface area contributed by atoms with Crippen LogP contribution in [0.25, 0.3) is 27.5 Å². The summed E-state index contributed by atoms with van der Waals surface area (Å²) in [6.07, 6.45) is 1.98. The Bertz CT molecular complexity index is 1830. The van der Waals surface area contributed by atoms with Gasteiger partial charge in [-0.2, -0.15) is 9.40 Å². The zero-order valence-electron chi connectivity index (χ0n) is 24.1. The quantitative estimate of drug-likeness (QED) is 0.283. The Kier molecular flexibility index (Phi) is 7.41. The Labute approximate surface area is 246 Å². The smallest absolute Gasteiger partial charge is 0.332 e. The number of allylic oxidation sites excluding steroid dienone is 1. The summed E-state index contributed by atoms with van der Waals surface area (Å²) in [6.45, 7) is 2.58. The Morgan fingerprint density at radius 2 is 1.79 bits per heavy atom. The lowest BCUT2D eigenvalue weighted by Crippen LogP contribution is -2.29. The molecular weight excluding hydrogens is 550 g/mol. The minimum Gasteiger partial charge on any atom is -0.493 e. The number of carboxylic acid groups (broad SMARTS) is 1. The van der Waals surface area contributed by atoms with Gasteiger partial charge in [-0.05, 0) is 66.3 Å². The Hall–Kier alpha value is -3.95. The summed E-state index contributed by atoms with van der Waals surface area (Å²) < 4.78 is 35.6. The highest BCUT2D eigenvalue weighted by atomic mass is 32.2. The molecule has 8 nitrogen and oxygen atoms in total. The van der Waals surface area contributed by atoms with Gasteiger partial charge >= 0.3 is 5.97 Å². The Morgan fingerprint density at radius 3 is 2.60 bits per heavy atom. The summed E-state index contributed by atoms with van der Waals surface area (Å²) in [7, 11) is -0.0933. The topological polar surface area (TPSA) is 102 Å². The average molecular weight is 586 g/mol. The first kappa shape index (κ1) is 28.2. The molecule has 1 unspecified atom stereocenters. The molecule has 1 N–H and O–H groups in total. The molecule has 4 aromatic rings. The van der Waals surface area contributed by atoms with Crippen LogP contribution < -0.4 is 4.74 Å². The molecule has 2 aliphatic rings. The van der Waals surface area contributed by atoms with Crippen molar-refractivity contribution < 1.29 is 23.1 Å². The summed E-state index contributed by atoms with van der Waals surface area (Å²) in [5.41, 5.74) is 6.49. The van der Waals surface area contributed by atoms with E-state index < -0.39 is 21.9 Å². The van der Waals surface area contributed by atoms with Crippen LogP contribution in [0.15, 0.2) is 66.2 Å². The van der Waals surface area contributed by atoms with Gasteiger partial charge in [0.2, 0.25) is 10.0 Å². The molecule has 0 fully saturated rings. The van der Waals surface area contributed by atoms with E-state index in [4.69, 9.17) is 9.84 Å². The van der Waals surface area contributed by atoms with Crippen molar-refractivity contribution in [1.82, 2.24) is 14.1 Å². The average Bonchev–Trinajstić information content (AvgIpc) is 3.43. The highest BCUT2D eigenvalue weighted by Crippen LogP contribution is 2.51. The molecule has 1 aromatic heterocycles. The number of fused-ring (bicyclic) bond motifs is 3. The molecular formula is C33H35N3O5S.